The van der Waals surface area contributed by atoms with Gasteiger partial charge in [-0.15, -0.1) is 0 Å². The van der Waals surface area contributed by atoms with Crippen molar-refractivity contribution in [2.24, 2.45) is 0 Å². The van der Waals surface area contributed by atoms with E-state index in [-0.39, 0.29) is 12.6 Å². The highest BCUT2D eigenvalue weighted by Gasteiger charge is 2.47. The van der Waals surface area contributed by atoms with E-state index in [0.717, 1.165) is 10.8 Å². The van der Waals surface area contributed by atoms with E-state index >= 15 is 0 Å². The number of carbonyl (C=O) groups excluding carboxylic acids is 2. The number of aliphatic hydroxyl groups is 1. The van der Waals surface area contributed by atoms with Crippen LogP contribution in [0.25, 0.3) is 10.8 Å². The van der Waals surface area contributed by atoms with E-state index in [4.69, 9.17) is 4.74 Å². The van der Waals surface area contributed by atoms with E-state index in [2.05, 4.69) is 10.3 Å². The summed E-state index contributed by atoms with van der Waals surface area (Å²) in [5, 5.41) is 13.8. The zero-order valence-electron chi connectivity index (χ0n) is 18.1. The van der Waals surface area contributed by atoms with E-state index in [1.165, 1.54) is 6.20 Å². The van der Waals surface area contributed by atoms with Gasteiger partial charge in [0.15, 0.2) is 6.10 Å². The maximum absolute atomic E-state index is 13.3. The average molecular weight is 513 g/mol. The summed E-state index contributed by atoms with van der Waals surface area (Å²) in [6, 6.07) is 5.20. The van der Waals surface area contributed by atoms with Gasteiger partial charge in [-0.2, -0.15) is 26.3 Å². The van der Waals surface area contributed by atoms with E-state index in [9.17, 15) is 41.0 Å². The first-order valence-electron chi connectivity index (χ1n) is 10.4. The second-order valence-corrected chi connectivity index (χ2v) is 7.94. The van der Waals surface area contributed by atoms with Crippen LogP contribution < -0.4 is 5.32 Å². The molecule has 1 aliphatic rings. The molecule has 36 heavy (non-hydrogen) atoms. The Morgan fingerprint density at radius 3 is 2.28 bits per heavy atom. The minimum absolute atomic E-state index is 0.0725. The maximum Gasteiger partial charge on any atom is 0.419 e. The van der Waals surface area contributed by atoms with Crippen LogP contribution in [0.1, 0.15) is 28.4 Å². The lowest BCUT2D eigenvalue weighted by Gasteiger charge is -2.23. The molecule has 1 aromatic heterocycles. The fourth-order valence-electron chi connectivity index (χ4n) is 3.94. The summed E-state index contributed by atoms with van der Waals surface area (Å²) in [4.78, 5) is 29.7. The third-order valence-corrected chi connectivity index (χ3v) is 5.63. The van der Waals surface area contributed by atoms with E-state index in [1.54, 1.807) is 30.5 Å². The molecule has 3 aromatic rings. The normalized spacial score (nSPS) is 18.4. The van der Waals surface area contributed by atoms with Crippen molar-refractivity contribution in [2.45, 2.75) is 31.0 Å². The van der Waals surface area contributed by atoms with Crippen molar-refractivity contribution in [1.29, 1.82) is 0 Å². The lowest BCUT2D eigenvalue weighted by atomic mass is 9.97. The molecule has 7 nitrogen and oxygen atoms in total. The Labute approximate surface area is 199 Å². The molecule has 4 rings (SSSR count). The zero-order valence-corrected chi connectivity index (χ0v) is 18.1. The summed E-state index contributed by atoms with van der Waals surface area (Å²) in [5.41, 5.74) is -3.32. The molecule has 1 saturated heterocycles. The lowest BCUT2D eigenvalue weighted by Crippen LogP contribution is -2.47. The van der Waals surface area contributed by atoms with Gasteiger partial charge >= 0.3 is 24.5 Å². The highest BCUT2D eigenvalue weighted by molar-refractivity contribution is 5.93. The van der Waals surface area contributed by atoms with Crippen LogP contribution in [0.15, 0.2) is 54.9 Å². The SMILES string of the molecule is O=C(NCc1cncc2ccccc12)N1C(=O)O[C@H](c2cc(C(F)(F)F)cc(C(F)(F)F)c2)[C@@H]1CO. The van der Waals surface area contributed by atoms with Crippen LogP contribution in [-0.4, -0.2) is 39.8 Å². The monoisotopic (exact) mass is 513 g/mol. The number of hydrogen-bond donors (Lipinski definition) is 2. The minimum atomic E-state index is -5.13. The van der Waals surface area contributed by atoms with E-state index in [0.29, 0.717) is 22.6 Å². The molecule has 2 N–H and O–H groups in total. The number of nitrogens with one attached hydrogen (secondary N) is 1. The topological polar surface area (TPSA) is 91.8 Å². The first-order valence-corrected chi connectivity index (χ1v) is 10.4. The number of imide groups is 1. The van der Waals surface area contributed by atoms with Crippen molar-refractivity contribution >= 4 is 22.9 Å². The largest absolute Gasteiger partial charge is 0.439 e. The number of pyridine rings is 1. The zero-order chi connectivity index (χ0) is 26.3. The molecule has 1 aliphatic heterocycles. The third kappa shape index (κ3) is 4.91. The predicted octanol–water partition coefficient (Wildman–Crippen LogP) is 5.04. The number of nitrogens with zero attached hydrogens (tertiary/aromatic N) is 2. The fourth-order valence-corrected chi connectivity index (χ4v) is 3.94. The van der Waals surface area contributed by atoms with E-state index in [1.807, 2.05) is 0 Å². The van der Waals surface area contributed by atoms with Gasteiger partial charge in [-0.3, -0.25) is 4.98 Å². The molecule has 0 saturated carbocycles. The Bertz CT molecular complexity index is 1270. The number of aliphatic hydroxyl groups excluding tert-OH is 1. The number of benzene rings is 2. The second kappa shape index (κ2) is 9.30. The van der Waals surface area contributed by atoms with Gasteiger partial charge in [0.1, 0.15) is 6.04 Å². The Morgan fingerprint density at radius 2 is 1.67 bits per heavy atom. The first-order chi connectivity index (χ1) is 16.9. The Hall–Kier alpha value is -3.87. The number of amides is 3. The molecular weight excluding hydrogens is 496 g/mol. The van der Waals surface area contributed by atoms with Gasteiger partial charge in [-0.1, -0.05) is 24.3 Å². The van der Waals surface area contributed by atoms with Gasteiger partial charge in [0.05, 0.1) is 17.7 Å². The van der Waals surface area contributed by atoms with Crippen LogP contribution in [0.2, 0.25) is 0 Å². The average Bonchev–Trinajstić information content (AvgIpc) is 3.17. The van der Waals surface area contributed by atoms with Crippen molar-refractivity contribution < 1.29 is 45.8 Å². The van der Waals surface area contributed by atoms with Crippen molar-refractivity contribution in [1.82, 2.24) is 15.2 Å². The van der Waals surface area contributed by atoms with E-state index < -0.39 is 59.9 Å². The molecule has 3 amide bonds. The smallest absolute Gasteiger partial charge is 0.419 e. The number of urea groups is 1. The van der Waals surface area contributed by atoms with Crippen LogP contribution in [0, 0.1) is 0 Å². The number of fused-ring (bicyclic) bond motifs is 1. The molecule has 2 aromatic carbocycles. The molecule has 190 valence electrons. The summed E-state index contributed by atoms with van der Waals surface area (Å²) in [5.74, 6) is 0. The fraction of sp³-hybridized carbons (Fsp3) is 0.261. The van der Waals surface area contributed by atoms with Gasteiger partial charge in [-0.05, 0) is 34.7 Å². The Morgan fingerprint density at radius 1 is 1.03 bits per heavy atom. The summed E-state index contributed by atoms with van der Waals surface area (Å²) >= 11 is 0. The Kier molecular flexibility index (Phi) is 6.52. The summed E-state index contributed by atoms with van der Waals surface area (Å²) in [6.07, 6.45) is -10.3. The highest BCUT2D eigenvalue weighted by atomic mass is 19.4. The number of halogens is 6. The molecule has 0 aliphatic carbocycles. The van der Waals surface area contributed by atoms with Crippen molar-refractivity contribution in [3.05, 3.63) is 77.1 Å². The molecule has 2 atom stereocenters. The summed E-state index contributed by atoms with van der Waals surface area (Å²) in [6.45, 7) is -1.08. The maximum atomic E-state index is 13.3. The lowest BCUT2D eigenvalue weighted by molar-refractivity contribution is -0.143. The predicted molar refractivity (Wildman–Crippen MR) is 112 cm³/mol. The van der Waals surface area contributed by atoms with Gasteiger partial charge in [0, 0.05) is 24.3 Å². The highest BCUT2D eigenvalue weighted by Crippen LogP contribution is 2.40. The van der Waals surface area contributed by atoms with Crippen LogP contribution in [0.3, 0.4) is 0 Å². The van der Waals surface area contributed by atoms with Crippen LogP contribution in [0.5, 0.6) is 0 Å². The molecule has 0 unspecified atom stereocenters. The molecule has 2 heterocycles. The van der Waals surface area contributed by atoms with Crippen molar-refractivity contribution in [2.75, 3.05) is 6.61 Å². The summed E-state index contributed by atoms with van der Waals surface area (Å²) in [7, 11) is 0. The molecular formula is C23H17F6N3O4. The summed E-state index contributed by atoms with van der Waals surface area (Å²) < 4.78 is 84.5. The first kappa shape index (κ1) is 25.2. The number of alkyl halides is 6. The number of cyclic esters (lactones) is 1. The van der Waals surface area contributed by atoms with Crippen LogP contribution in [-0.2, 0) is 23.6 Å². The van der Waals surface area contributed by atoms with Gasteiger partial charge in [0.25, 0.3) is 0 Å². The number of aromatic nitrogens is 1. The van der Waals surface area contributed by atoms with Crippen LogP contribution in [0.4, 0.5) is 35.9 Å². The molecule has 1 fully saturated rings. The minimum Gasteiger partial charge on any atom is -0.439 e. The number of rotatable bonds is 4. The second-order valence-electron chi connectivity index (χ2n) is 7.94. The Balaban J connectivity index is 1.61. The molecule has 13 heteroatoms. The van der Waals surface area contributed by atoms with Crippen LogP contribution >= 0.6 is 0 Å². The van der Waals surface area contributed by atoms with Crippen molar-refractivity contribution in [3.8, 4) is 0 Å². The van der Waals surface area contributed by atoms with Crippen molar-refractivity contribution in [3.63, 3.8) is 0 Å². The third-order valence-electron chi connectivity index (χ3n) is 5.63. The molecule has 0 radical (unpaired) electrons. The molecule has 0 spiro atoms. The molecule has 0 bridgehead atoms. The van der Waals surface area contributed by atoms with Gasteiger partial charge in [0.2, 0.25) is 0 Å². The van der Waals surface area contributed by atoms with Gasteiger partial charge in [-0.25, -0.2) is 14.5 Å². The standard InChI is InChI=1S/C23H17F6N3O4/c24-22(25,26)15-5-13(6-16(7-15)23(27,28)29)19-18(11-33)32(21(35)36-19)20(34)31-10-14-9-30-8-12-3-1-2-4-17(12)14/h1-9,18-19,33H,10-11H2,(H,31,34)/t18-,19+/m0/s1. The van der Waals surface area contributed by atoms with Gasteiger partial charge < -0.3 is 15.2 Å². The quantitative estimate of drug-likeness (QED) is 0.478. The number of ether oxygens (including phenoxy) is 1. The number of hydrogen-bond acceptors (Lipinski definition) is 5. The number of carbonyl (C=O) groups is 2.